The van der Waals surface area contributed by atoms with Gasteiger partial charge in [-0.15, -0.1) is 0 Å². The molecule has 5 nitrogen and oxygen atoms in total. The van der Waals surface area contributed by atoms with Crippen LogP contribution in [-0.2, 0) is 7.05 Å². The summed E-state index contributed by atoms with van der Waals surface area (Å²) in [6, 6.07) is 3.61. The summed E-state index contributed by atoms with van der Waals surface area (Å²) in [4.78, 5) is 19.7. The number of anilines is 1. The first-order valence-corrected chi connectivity index (χ1v) is 5.37. The quantitative estimate of drug-likeness (QED) is 0.887. The first-order valence-electron chi connectivity index (χ1n) is 5.00. The van der Waals surface area contributed by atoms with Crippen LogP contribution in [0.5, 0.6) is 0 Å². The van der Waals surface area contributed by atoms with Gasteiger partial charge in [-0.05, 0) is 19.1 Å². The second-order valence-electron chi connectivity index (χ2n) is 3.57. The van der Waals surface area contributed by atoms with Gasteiger partial charge < -0.3 is 9.88 Å². The van der Waals surface area contributed by atoms with Gasteiger partial charge >= 0.3 is 0 Å². The summed E-state index contributed by atoms with van der Waals surface area (Å²) < 4.78 is 1.79. The highest BCUT2D eigenvalue weighted by atomic mass is 35.5. The number of nitrogens with one attached hydrogen (secondary N) is 1. The summed E-state index contributed by atoms with van der Waals surface area (Å²) in [5, 5.41) is 2.79. The van der Waals surface area contributed by atoms with Crippen LogP contribution in [0.4, 0.5) is 5.82 Å². The summed E-state index contributed by atoms with van der Waals surface area (Å²) in [6.07, 6.45) is 2.93. The predicted octanol–water partition coefficient (Wildman–Crippen LogP) is 2.03. The number of aromatic nitrogens is 3. The molecule has 0 aliphatic heterocycles. The van der Waals surface area contributed by atoms with Crippen molar-refractivity contribution in [1.29, 1.82) is 0 Å². The fourth-order valence-corrected chi connectivity index (χ4v) is 1.57. The SMILES string of the molecule is Cc1ccc(C(=O)Nc2nccnc2Cl)n1C. The van der Waals surface area contributed by atoms with Gasteiger partial charge in [-0.1, -0.05) is 11.6 Å². The monoisotopic (exact) mass is 250 g/mol. The molecule has 2 heterocycles. The van der Waals surface area contributed by atoms with Crippen LogP contribution in [0.2, 0.25) is 5.15 Å². The second kappa shape index (κ2) is 4.55. The number of nitrogens with zero attached hydrogens (tertiary/aromatic N) is 3. The number of aryl methyl sites for hydroxylation is 1. The third-order valence-electron chi connectivity index (χ3n) is 2.49. The minimum atomic E-state index is -0.261. The molecule has 0 bridgehead atoms. The topological polar surface area (TPSA) is 59.8 Å². The van der Waals surface area contributed by atoms with E-state index in [9.17, 15) is 4.79 Å². The van der Waals surface area contributed by atoms with Crippen molar-refractivity contribution in [1.82, 2.24) is 14.5 Å². The molecule has 0 aliphatic rings. The van der Waals surface area contributed by atoms with Crippen molar-refractivity contribution in [3.05, 3.63) is 41.1 Å². The van der Waals surface area contributed by atoms with Gasteiger partial charge in [0.15, 0.2) is 11.0 Å². The van der Waals surface area contributed by atoms with Crippen LogP contribution in [-0.4, -0.2) is 20.4 Å². The molecule has 0 radical (unpaired) electrons. The fraction of sp³-hybridized carbons (Fsp3) is 0.182. The van der Waals surface area contributed by atoms with Crippen LogP contribution in [0, 0.1) is 6.92 Å². The van der Waals surface area contributed by atoms with E-state index in [4.69, 9.17) is 11.6 Å². The molecular weight excluding hydrogens is 240 g/mol. The van der Waals surface area contributed by atoms with Crippen LogP contribution >= 0.6 is 11.6 Å². The standard InChI is InChI=1S/C11H11ClN4O/c1-7-3-4-8(16(7)2)11(17)15-10-9(12)13-5-6-14-10/h3-6H,1-2H3,(H,14,15,17). The fourth-order valence-electron chi connectivity index (χ4n) is 1.42. The van der Waals surface area contributed by atoms with Gasteiger partial charge in [0.05, 0.1) is 0 Å². The van der Waals surface area contributed by atoms with Crippen molar-refractivity contribution in [2.75, 3.05) is 5.32 Å². The first-order chi connectivity index (χ1) is 8.09. The normalized spacial score (nSPS) is 10.3. The molecule has 0 fully saturated rings. The lowest BCUT2D eigenvalue weighted by atomic mass is 10.4. The molecule has 0 spiro atoms. The van der Waals surface area contributed by atoms with Crippen LogP contribution in [0.1, 0.15) is 16.2 Å². The van der Waals surface area contributed by atoms with Crippen LogP contribution < -0.4 is 5.32 Å². The number of hydrogen-bond donors (Lipinski definition) is 1. The smallest absolute Gasteiger partial charge is 0.273 e. The van der Waals surface area contributed by atoms with Gasteiger partial charge in [0.2, 0.25) is 0 Å². The summed E-state index contributed by atoms with van der Waals surface area (Å²) in [7, 11) is 1.82. The average molecular weight is 251 g/mol. The Morgan fingerprint density at radius 3 is 2.65 bits per heavy atom. The second-order valence-corrected chi connectivity index (χ2v) is 3.93. The molecule has 2 rings (SSSR count). The van der Waals surface area contributed by atoms with Crippen molar-refractivity contribution in [3.63, 3.8) is 0 Å². The van der Waals surface area contributed by atoms with Crippen molar-refractivity contribution >= 4 is 23.3 Å². The molecule has 2 aromatic rings. The van der Waals surface area contributed by atoms with Crippen molar-refractivity contribution in [2.24, 2.45) is 7.05 Å². The lowest BCUT2D eigenvalue weighted by molar-refractivity contribution is 0.101. The third-order valence-corrected chi connectivity index (χ3v) is 2.77. The Balaban J connectivity index is 2.23. The minimum Gasteiger partial charge on any atom is -0.344 e. The zero-order chi connectivity index (χ0) is 12.4. The Labute approximate surface area is 103 Å². The maximum Gasteiger partial charge on any atom is 0.273 e. The average Bonchev–Trinajstić information content (AvgIpc) is 2.63. The lowest BCUT2D eigenvalue weighted by Crippen LogP contribution is -2.17. The maximum absolute atomic E-state index is 11.9. The third kappa shape index (κ3) is 2.29. The molecule has 1 amide bonds. The highest BCUT2D eigenvalue weighted by molar-refractivity contribution is 6.32. The molecular formula is C11H11ClN4O. The molecule has 2 aromatic heterocycles. The van der Waals surface area contributed by atoms with Gasteiger partial charge in [-0.25, -0.2) is 9.97 Å². The predicted molar refractivity (Wildman–Crippen MR) is 65.1 cm³/mol. The Morgan fingerprint density at radius 1 is 1.35 bits per heavy atom. The highest BCUT2D eigenvalue weighted by Crippen LogP contribution is 2.15. The Hall–Kier alpha value is -1.88. The maximum atomic E-state index is 11.9. The largest absolute Gasteiger partial charge is 0.344 e. The van der Waals surface area contributed by atoms with E-state index in [1.54, 1.807) is 10.6 Å². The molecule has 0 saturated carbocycles. The molecule has 0 unspecified atom stereocenters. The summed E-state index contributed by atoms with van der Waals surface area (Å²) >= 11 is 5.81. The van der Waals surface area contributed by atoms with E-state index >= 15 is 0 Å². The van der Waals surface area contributed by atoms with E-state index < -0.39 is 0 Å². The van der Waals surface area contributed by atoms with E-state index in [1.165, 1.54) is 12.4 Å². The first kappa shape index (κ1) is 11.6. The number of hydrogen-bond acceptors (Lipinski definition) is 3. The molecule has 0 aliphatic carbocycles. The van der Waals surface area contributed by atoms with E-state index in [0.29, 0.717) is 5.69 Å². The molecule has 0 saturated heterocycles. The summed E-state index contributed by atoms with van der Waals surface area (Å²) in [6.45, 7) is 1.92. The molecule has 88 valence electrons. The summed E-state index contributed by atoms with van der Waals surface area (Å²) in [5.41, 5.74) is 1.55. The van der Waals surface area contributed by atoms with Crippen LogP contribution in [0.25, 0.3) is 0 Å². The number of carbonyl (C=O) groups excluding carboxylic acids is 1. The molecule has 0 aromatic carbocycles. The van der Waals surface area contributed by atoms with Crippen molar-refractivity contribution < 1.29 is 4.79 Å². The molecule has 1 N–H and O–H groups in total. The van der Waals surface area contributed by atoms with Crippen molar-refractivity contribution in [3.8, 4) is 0 Å². The number of amides is 1. The van der Waals surface area contributed by atoms with Gasteiger partial charge in [0.25, 0.3) is 5.91 Å². The Kier molecular flexibility index (Phi) is 3.10. The summed E-state index contributed by atoms with van der Waals surface area (Å²) in [5.74, 6) is 0.000944. The molecule has 0 atom stereocenters. The van der Waals surface area contributed by atoms with E-state index in [2.05, 4.69) is 15.3 Å². The molecule has 17 heavy (non-hydrogen) atoms. The van der Waals surface area contributed by atoms with Gasteiger partial charge in [-0.3, -0.25) is 4.79 Å². The van der Waals surface area contributed by atoms with Crippen LogP contribution in [0.3, 0.4) is 0 Å². The zero-order valence-electron chi connectivity index (χ0n) is 9.44. The minimum absolute atomic E-state index is 0.173. The Morgan fingerprint density at radius 2 is 2.06 bits per heavy atom. The zero-order valence-corrected chi connectivity index (χ0v) is 10.2. The van der Waals surface area contributed by atoms with Gasteiger partial charge in [0.1, 0.15) is 5.69 Å². The van der Waals surface area contributed by atoms with E-state index in [-0.39, 0.29) is 16.9 Å². The lowest BCUT2D eigenvalue weighted by Gasteiger charge is -2.06. The van der Waals surface area contributed by atoms with E-state index in [0.717, 1.165) is 5.69 Å². The van der Waals surface area contributed by atoms with Crippen molar-refractivity contribution in [2.45, 2.75) is 6.92 Å². The Bertz CT molecular complexity index is 564. The number of carbonyl (C=O) groups is 1. The highest BCUT2D eigenvalue weighted by Gasteiger charge is 2.13. The van der Waals surface area contributed by atoms with Crippen LogP contribution in [0.15, 0.2) is 24.5 Å². The van der Waals surface area contributed by atoms with Gasteiger partial charge in [-0.2, -0.15) is 0 Å². The number of rotatable bonds is 2. The van der Waals surface area contributed by atoms with Gasteiger partial charge in [0, 0.05) is 25.1 Å². The number of halogens is 1. The van der Waals surface area contributed by atoms with E-state index in [1.807, 2.05) is 20.0 Å². The molecule has 6 heteroatoms.